The molecule has 0 saturated carbocycles. The first-order valence-corrected chi connectivity index (χ1v) is 9.01. The quantitative estimate of drug-likeness (QED) is 0.540. The minimum Gasteiger partial charge on any atom is -0.494 e. The first kappa shape index (κ1) is 19.8. The lowest BCUT2D eigenvalue weighted by Crippen LogP contribution is -2.34. The van der Waals surface area contributed by atoms with Crippen LogP contribution in [0.1, 0.15) is 44.0 Å². The van der Waals surface area contributed by atoms with Crippen LogP contribution < -0.4 is 15.4 Å². The van der Waals surface area contributed by atoms with Crippen molar-refractivity contribution < 1.29 is 9.53 Å². The molecule has 2 rings (SSSR count). The zero-order chi connectivity index (χ0) is 18.9. The van der Waals surface area contributed by atoms with Gasteiger partial charge in [-0.05, 0) is 54.0 Å². The maximum absolute atomic E-state index is 12.2. The lowest BCUT2D eigenvalue weighted by Gasteiger charge is -2.08. The summed E-state index contributed by atoms with van der Waals surface area (Å²) in [5.41, 5.74) is 0.480. The number of rotatable bonds is 8. The highest BCUT2D eigenvalue weighted by Gasteiger charge is 2.11. The minimum absolute atomic E-state index is 0.113. The molecule has 2 N–H and O–H groups in total. The average molecular weight is 376 g/mol. The normalized spacial score (nSPS) is 10.6. The van der Waals surface area contributed by atoms with Gasteiger partial charge < -0.3 is 4.74 Å². The van der Waals surface area contributed by atoms with Crippen molar-refractivity contribution in [3.63, 3.8) is 0 Å². The van der Waals surface area contributed by atoms with Gasteiger partial charge in [0.05, 0.1) is 13.2 Å². The van der Waals surface area contributed by atoms with E-state index in [4.69, 9.17) is 17.0 Å². The van der Waals surface area contributed by atoms with Gasteiger partial charge in [-0.2, -0.15) is 4.80 Å². The average Bonchev–Trinajstić information content (AvgIpc) is 3.01. The molecule has 1 heterocycles. The number of amides is 1. The summed E-state index contributed by atoms with van der Waals surface area (Å²) in [5, 5.41) is 17.4. The standard InChI is InChI=1S/C17H24N6O2S/c1-4-5-10-25-14-8-6-13(7-9-14)15(24)18-17(26)19-16-20-22-23(21-16)11-12(2)3/h6-9,12H,4-5,10-11H2,1-3H3,(H2,18,19,21,24,26). The number of nitrogens with one attached hydrogen (secondary N) is 2. The molecular weight excluding hydrogens is 352 g/mol. The molecule has 140 valence electrons. The third-order valence-corrected chi connectivity index (χ3v) is 3.52. The van der Waals surface area contributed by atoms with E-state index < -0.39 is 0 Å². The van der Waals surface area contributed by atoms with Gasteiger partial charge in [0.25, 0.3) is 11.9 Å². The van der Waals surface area contributed by atoms with Gasteiger partial charge in [0.15, 0.2) is 5.11 Å². The van der Waals surface area contributed by atoms with Crippen molar-refractivity contribution in [3.8, 4) is 5.75 Å². The molecule has 1 aromatic heterocycles. The van der Waals surface area contributed by atoms with Gasteiger partial charge in [-0.25, -0.2) is 0 Å². The Morgan fingerprint density at radius 3 is 2.69 bits per heavy atom. The van der Waals surface area contributed by atoms with Crippen LogP contribution in [0.15, 0.2) is 24.3 Å². The number of ether oxygens (including phenoxy) is 1. The van der Waals surface area contributed by atoms with Gasteiger partial charge >= 0.3 is 0 Å². The molecule has 1 aromatic carbocycles. The molecule has 0 aliphatic heterocycles. The molecule has 0 radical (unpaired) electrons. The lowest BCUT2D eigenvalue weighted by atomic mass is 10.2. The summed E-state index contributed by atoms with van der Waals surface area (Å²) >= 11 is 5.12. The molecule has 26 heavy (non-hydrogen) atoms. The Morgan fingerprint density at radius 2 is 2.04 bits per heavy atom. The molecule has 0 spiro atoms. The number of carbonyl (C=O) groups excluding carboxylic acids is 1. The molecule has 9 heteroatoms. The van der Waals surface area contributed by atoms with Crippen molar-refractivity contribution in [2.45, 2.75) is 40.2 Å². The fraction of sp³-hybridized carbons (Fsp3) is 0.471. The number of thiocarbonyl (C=S) groups is 1. The van der Waals surface area contributed by atoms with Gasteiger partial charge in [-0.3, -0.25) is 15.4 Å². The van der Waals surface area contributed by atoms with E-state index in [1.54, 1.807) is 24.3 Å². The number of nitrogens with zero attached hydrogens (tertiary/aromatic N) is 4. The smallest absolute Gasteiger partial charge is 0.269 e. The van der Waals surface area contributed by atoms with Crippen LogP contribution in [-0.4, -0.2) is 37.8 Å². The monoisotopic (exact) mass is 376 g/mol. The van der Waals surface area contributed by atoms with Crippen molar-refractivity contribution in [3.05, 3.63) is 29.8 Å². The van der Waals surface area contributed by atoms with E-state index in [9.17, 15) is 4.79 Å². The highest BCUT2D eigenvalue weighted by Crippen LogP contribution is 2.12. The Morgan fingerprint density at radius 1 is 1.31 bits per heavy atom. The van der Waals surface area contributed by atoms with Crippen LogP contribution in [0.2, 0.25) is 0 Å². The zero-order valence-corrected chi connectivity index (χ0v) is 16.0. The van der Waals surface area contributed by atoms with Crippen molar-refractivity contribution in [1.29, 1.82) is 0 Å². The van der Waals surface area contributed by atoms with Gasteiger partial charge in [0.1, 0.15) is 5.75 Å². The minimum atomic E-state index is -0.322. The van der Waals surface area contributed by atoms with Crippen molar-refractivity contribution in [1.82, 2.24) is 25.5 Å². The summed E-state index contributed by atoms with van der Waals surface area (Å²) in [5.74, 6) is 1.06. The highest BCUT2D eigenvalue weighted by molar-refractivity contribution is 7.80. The van der Waals surface area contributed by atoms with Crippen molar-refractivity contribution in [2.75, 3.05) is 11.9 Å². The van der Waals surface area contributed by atoms with Crippen molar-refractivity contribution >= 4 is 29.2 Å². The van der Waals surface area contributed by atoms with E-state index in [0.29, 0.717) is 24.6 Å². The summed E-state index contributed by atoms with van der Waals surface area (Å²) in [6, 6.07) is 6.91. The Hall–Kier alpha value is -2.55. The van der Waals surface area contributed by atoms with E-state index in [1.165, 1.54) is 4.80 Å². The topological polar surface area (TPSA) is 94.0 Å². The largest absolute Gasteiger partial charge is 0.494 e. The summed E-state index contributed by atoms with van der Waals surface area (Å²) in [4.78, 5) is 13.7. The summed E-state index contributed by atoms with van der Waals surface area (Å²) < 4.78 is 5.58. The first-order chi connectivity index (χ1) is 12.5. The van der Waals surface area contributed by atoms with E-state index >= 15 is 0 Å². The molecule has 0 bridgehead atoms. The first-order valence-electron chi connectivity index (χ1n) is 8.61. The number of hydrogen-bond acceptors (Lipinski definition) is 6. The second-order valence-electron chi connectivity index (χ2n) is 6.20. The van der Waals surface area contributed by atoms with Gasteiger partial charge in [-0.15, -0.1) is 5.10 Å². The second kappa shape index (κ2) is 9.81. The maximum atomic E-state index is 12.2. The predicted molar refractivity (Wildman–Crippen MR) is 103 cm³/mol. The number of anilines is 1. The number of hydrogen-bond donors (Lipinski definition) is 2. The number of aromatic nitrogens is 4. The molecule has 8 nitrogen and oxygen atoms in total. The molecule has 1 amide bonds. The molecule has 2 aromatic rings. The van der Waals surface area contributed by atoms with E-state index in [-0.39, 0.29) is 17.0 Å². The molecule has 0 fully saturated rings. The summed E-state index contributed by atoms with van der Waals surface area (Å²) in [7, 11) is 0. The van der Waals surface area contributed by atoms with Crippen LogP contribution in [-0.2, 0) is 6.54 Å². The predicted octanol–water partition coefficient (Wildman–Crippen LogP) is 2.63. The van der Waals surface area contributed by atoms with Gasteiger partial charge in [0, 0.05) is 5.56 Å². The van der Waals surface area contributed by atoms with Crippen molar-refractivity contribution in [2.24, 2.45) is 5.92 Å². The third-order valence-electron chi connectivity index (χ3n) is 3.32. The molecule has 0 unspecified atom stereocenters. The molecule has 0 aliphatic rings. The zero-order valence-electron chi connectivity index (χ0n) is 15.2. The molecule has 0 saturated heterocycles. The second-order valence-corrected chi connectivity index (χ2v) is 6.60. The van der Waals surface area contributed by atoms with Crippen LogP contribution in [0.4, 0.5) is 5.95 Å². The Bertz CT molecular complexity index is 729. The molecule has 0 aliphatic carbocycles. The van der Waals surface area contributed by atoms with Crippen LogP contribution in [0.25, 0.3) is 0 Å². The summed E-state index contributed by atoms with van der Waals surface area (Å²) in [6.07, 6.45) is 2.07. The number of carbonyl (C=O) groups is 1. The van der Waals surface area contributed by atoms with Gasteiger partial charge in [0.2, 0.25) is 0 Å². The van der Waals surface area contributed by atoms with Crippen LogP contribution in [0.5, 0.6) is 5.75 Å². The Kier molecular flexibility index (Phi) is 7.46. The number of unbranched alkanes of at least 4 members (excludes halogenated alkanes) is 1. The lowest BCUT2D eigenvalue weighted by molar-refractivity contribution is 0.0977. The SMILES string of the molecule is CCCCOc1ccc(C(=O)NC(=S)Nc2nnn(CC(C)C)n2)cc1. The van der Waals surface area contributed by atoms with Crippen LogP contribution in [0, 0.1) is 5.92 Å². The highest BCUT2D eigenvalue weighted by atomic mass is 32.1. The maximum Gasteiger partial charge on any atom is 0.269 e. The number of benzene rings is 1. The van der Waals surface area contributed by atoms with Crippen LogP contribution >= 0.6 is 12.2 Å². The Balaban J connectivity index is 1.84. The fourth-order valence-corrected chi connectivity index (χ4v) is 2.23. The number of tetrazole rings is 1. The van der Waals surface area contributed by atoms with E-state index in [1.807, 2.05) is 0 Å². The fourth-order valence-electron chi connectivity index (χ4n) is 2.04. The van der Waals surface area contributed by atoms with E-state index in [2.05, 4.69) is 46.8 Å². The molecule has 0 atom stereocenters. The Labute approximate surface area is 158 Å². The summed E-state index contributed by atoms with van der Waals surface area (Å²) in [6.45, 7) is 7.54. The molecular formula is C17H24N6O2S. The van der Waals surface area contributed by atoms with Crippen LogP contribution in [0.3, 0.4) is 0 Å². The van der Waals surface area contributed by atoms with Gasteiger partial charge in [-0.1, -0.05) is 32.3 Å². The van der Waals surface area contributed by atoms with E-state index in [0.717, 1.165) is 18.6 Å². The third kappa shape index (κ3) is 6.40.